The number of likely N-dealkylation sites (N-methyl/N-ethyl adjacent to an activating group) is 2. The second-order valence-corrected chi connectivity index (χ2v) is 7.33. The van der Waals surface area contributed by atoms with Crippen molar-refractivity contribution in [1.82, 2.24) is 9.80 Å². The Bertz CT molecular complexity index is 819. The summed E-state index contributed by atoms with van der Waals surface area (Å²) in [5.41, 5.74) is 4.75. The van der Waals surface area contributed by atoms with Crippen LogP contribution in [-0.4, -0.2) is 49.6 Å². The predicted octanol–water partition coefficient (Wildman–Crippen LogP) is 3.17. The molecule has 0 aromatic heterocycles. The molecule has 144 valence electrons. The van der Waals surface area contributed by atoms with Crippen molar-refractivity contribution in [3.63, 3.8) is 0 Å². The highest BCUT2D eigenvalue weighted by Crippen LogP contribution is 2.31. The molecule has 0 atom stereocenters. The van der Waals surface area contributed by atoms with Gasteiger partial charge in [0, 0.05) is 20.1 Å². The fourth-order valence-electron chi connectivity index (χ4n) is 3.27. The maximum atomic E-state index is 12.6. The molecule has 0 saturated carbocycles. The first kappa shape index (κ1) is 19.2. The average Bonchev–Trinajstić information content (AvgIpc) is 2.63. The molecular weight excluding hydrogens is 340 g/mol. The molecule has 2 aromatic carbocycles. The fourth-order valence-corrected chi connectivity index (χ4v) is 3.27. The number of aryl methyl sites for hydroxylation is 2. The largest absolute Gasteiger partial charge is 0.486 e. The van der Waals surface area contributed by atoms with Gasteiger partial charge in [0.1, 0.15) is 13.2 Å². The van der Waals surface area contributed by atoms with Crippen molar-refractivity contribution in [2.24, 2.45) is 0 Å². The number of fused-ring (bicyclic) bond motifs is 1. The van der Waals surface area contributed by atoms with Crippen molar-refractivity contribution >= 4 is 5.91 Å². The molecule has 3 rings (SSSR count). The molecule has 27 heavy (non-hydrogen) atoms. The van der Waals surface area contributed by atoms with E-state index >= 15 is 0 Å². The standard InChI is InChI=1S/C22H28N2O3/c1-16-5-7-19(17(2)11-16)14-24(4)22(25)15-23(3)13-18-6-8-20-21(12-18)27-10-9-26-20/h5-8,11-12H,9-10,13-15H2,1-4H3. The number of rotatable bonds is 6. The van der Waals surface area contributed by atoms with Crippen molar-refractivity contribution in [1.29, 1.82) is 0 Å². The SMILES string of the molecule is Cc1ccc(CN(C)C(=O)CN(C)Cc2ccc3c(c2)OCCO3)c(C)c1. The van der Waals surface area contributed by atoms with E-state index in [0.29, 0.717) is 32.8 Å². The van der Waals surface area contributed by atoms with Crippen molar-refractivity contribution in [3.8, 4) is 11.5 Å². The summed E-state index contributed by atoms with van der Waals surface area (Å²) in [6.45, 7) is 7.02. The molecule has 0 bridgehead atoms. The van der Waals surface area contributed by atoms with Crippen LogP contribution in [0.15, 0.2) is 36.4 Å². The quantitative estimate of drug-likeness (QED) is 0.785. The number of hydrogen-bond donors (Lipinski definition) is 0. The first-order valence-electron chi connectivity index (χ1n) is 9.29. The van der Waals surface area contributed by atoms with Crippen LogP contribution in [0.3, 0.4) is 0 Å². The van der Waals surface area contributed by atoms with Crippen molar-refractivity contribution in [2.75, 3.05) is 33.9 Å². The van der Waals surface area contributed by atoms with Gasteiger partial charge in [-0.05, 0) is 49.7 Å². The maximum absolute atomic E-state index is 12.6. The van der Waals surface area contributed by atoms with Crippen LogP contribution in [0.1, 0.15) is 22.3 Å². The summed E-state index contributed by atoms with van der Waals surface area (Å²) in [7, 11) is 3.82. The van der Waals surface area contributed by atoms with E-state index in [0.717, 1.165) is 17.1 Å². The Morgan fingerprint density at radius 2 is 1.70 bits per heavy atom. The van der Waals surface area contributed by atoms with Gasteiger partial charge in [-0.25, -0.2) is 0 Å². The van der Waals surface area contributed by atoms with Gasteiger partial charge in [0.05, 0.1) is 6.54 Å². The van der Waals surface area contributed by atoms with E-state index in [-0.39, 0.29) is 5.91 Å². The third-order valence-corrected chi connectivity index (χ3v) is 4.80. The van der Waals surface area contributed by atoms with Crippen LogP contribution in [0.2, 0.25) is 0 Å². The second-order valence-electron chi connectivity index (χ2n) is 7.33. The highest BCUT2D eigenvalue weighted by molar-refractivity contribution is 5.78. The molecule has 5 heteroatoms. The number of ether oxygens (including phenoxy) is 2. The Kier molecular flexibility index (Phi) is 6.01. The second kappa shape index (κ2) is 8.44. The van der Waals surface area contributed by atoms with E-state index in [4.69, 9.17) is 9.47 Å². The van der Waals surface area contributed by atoms with Crippen molar-refractivity contribution < 1.29 is 14.3 Å². The lowest BCUT2D eigenvalue weighted by molar-refractivity contribution is -0.131. The molecule has 1 heterocycles. The molecule has 0 radical (unpaired) electrons. The molecule has 0 N–H and O–H groups in total. The number of nitrogens with zero attached hydrogens (tertiary/aromatic N) is 2. The minimum absolute atomic E-state index is 0.106. The van der Waals surface area contributed by atoms with Gasteiger partial charge in [0.15, 0.2) is 11.5 Å². The maximum Gasteiger partial charge on any atom is 0.236 e. The Morgan fingerprint density at radius 1 is 0.963 bits per heavy atom. The van der Waals surface area contributed by atoms with Gasteiger partial charge >= 0.3 is 0 Å². The van der Waals surface area contributed by atoms with Gasteiger partial charge in [-0.15, -0.1) is 0 Å². The van der Waals surface area contributed by atoms with Crippen LogP contribution < -0.4 is 9.47 Å². The number of benzene rings is 2. The van der Waals surface area contributed by atoms with E-state index in [1.165, 1.54) is 16.7 Å². The summed E-state index contributed by atoms with van der Waals surface area (Å²) < 4.78 is 11.2. The Labute approximate surface area is 161 Å². The summed E-state index contributed by atoms with van der Waals surface area (Å²) in [5, 5.41) is 0. The number of carbonyl (C=O) groups excluding carboxylic acids is 1. The minimum atomic E-state index is 0.106. The third-order valence-electron chi connectivity index (χ3n) is 4.80. The molecule has 1 aliphatic rings. The zero-order valence-corrected chi connectivity index (χ0v) is 16.6. The highest BCUT2D eigenvalue weighted by Gasteiger charge is 2.15. The topological polar surface area (TPSA) is 42.0 Å². The van der Waals surface area contributed by atoms with Gasteiger partial charge in [-0.1, -0.05) is 29.8 Å². The van der Waals surface area contributed by atoms with Crippen LogP contribution in [0.25, 0.3) is 0 Å². The summed E-state index contributed by atoms with van der Waals surface area (Å²) in [4.78, 5) is 16.4. The molecule has 0 aliphatic carbocycles. The van der Waals surface area contributed by atoms with E-state index in [1.54, 1.807) is 4.90 Å². The zero-order chi connectivity index (χ0) is 19.4. The lowest BCUT2D eigenvalue weighted by Gasteiger charge is -2.23. The highest BCUT2D eigenvalue weighted by atomic mass is 16.6. The Balaban J connectivity index is 1.55. The van der Waals surface area contributed by atoms with Gasteiger partial charge in [-0.3, -0.25) is 9.69 Å². The Hall–Kier alpha value is -2.53. The fraction of sp³-hybridized carbons (Fsp3) is 0.409. The van der Waals surface area contributed by atoms with Gasteiger partial charge in [0.25, 0.3) is 0 Å². The molecule has 0 fully saturated rings. The summed E-state index contributed by atoms with van der Waals surface area (Å²) in [6, 6.07) is 12.3. The lowest BCUT2D eigenvalue weighted by Crippen LogP contribution is -2.36. The summed E-state index contributed by atoms with van der Waals surface area (Å²) in [5.74, 6) is 1.68. The van der Waals surface area contributed by atoms with Crippen molar-refractivity contribution in [3.05, 3.63) is 58.7 Å². The first-order valence-corrected chi connectivity index (χ1v) is 9.29. The molecular formula is C22H28N2O3. The predicted molar refractivity (Wildman–Crippen MR) is 106 cm³/mol. The van der Waals surface area contributed by atoms with Crippen molar-refractivity contribution in [2.45, 2.75) is 26.9 Å². The Morgan fingerprint density at radius 3 is 2.44 bits per heavy atom. The molecule has 1 amide bonds. The van der Waals surface area contributed by atoms with E-state index in [9.17, 15) is 4.79 Å². The smallest absolute Gasteiger partial charge is 0.236 e. The van der Waals surface area contributed by atoms with Crippen LogP contribution in [-0.2, 0) is 17.9 Å². The molecule has 5 nitrogen and oxygen atoms in total. The van der Waals surface area contributed by atoms with E-state index in [1.807, 2.05) is 37.2 Å². The molecule has 0 saturated heterocycles. The van der Waals surface area contributed by atoms with Crippen LogP contribution in [0.4, 0.5) is 0 Å². The van der Waals surface area contributed by atoms with Crippen LogP contribution >= 0.6 is 0 Å². The monoisotopic (exact) mass is 368 g/mol. The summed E-state index contributed by atoms with van der Waals surface area (Å²) >= 11 is 0. The van der Waals surface area contributed by atoms with Gasteiger partial charge in [-0.2, -0.15) is 0 Å². The number of amides is 1. The van der Waals surface area contributed by atoms with Crippen LogP contribution in [0.5, 0.6) is 11.5 Å². The molecule has 1 aliphatic heterocycles. The molecule has 0 unspecified atom stereocenters. The zero-order valence-electron chi connectivity index (χ0n) is 16.6. The summed E-state index contributed by atoms with van der Waals surface area (Å²) in [6.07, 6.45) is 0. The van der Waals surface area contributed by atoms with E-state index < -0.39 is 0 Å². The molecule has 2 aromatic rings. The third kappa shape index (κ3) is 5.01. The minimum Gasteiger partial charge on any atom is -0.486 e. The van der Waals surface area contributed by atoms with Gasteiger partial charge in [0.2, 0.25) is 5.91 Å². The van der Waals surface area contributed by atoms with E-state index in [2.05, 4.69) is 32.0 Å². The van der Waals surface area contributed by atoms with Gasteiger partial charge < -0.3 is 14.4 Å². The first-order chi connectivity index (χ1) is 12.9. The average molecular weight is 368 g/mol. The molecule has 0 spiro atoms. The number of carbonyl (C=O) groups is 1. The number of hydrogen-bond acceptors (Lipinski definition) is 4. The normalized spacial score (nSPS) is 12.9. The van der Waals surface area contributed by atoms with Crippen LogP contribution in [0, 0.1) is 13.8 Å². The lowest BCUT2D eigenvalue weighted by atomic mass is 10.1.